The Balaban J connectivity index is 1.70. The number of hydrogen-bond donors (Lipinski definition) is 1. The first kappa shape index (κ1) is 21.3. The van der Waals surface area contributed by atoms with Gasteiger partial charge in [-0.3, -0.25) is 4.79 Å². The van der Waals surface area contributed by atoms with Crippen molar-refractivity contribution >= 4 is 20.6 Å². The molecule has 4 aromatic rings. The van der Waals surface area contributed by atoms with Gasteiger partial charge in [0.2, 0.25) is 21.6 Å². The summed E-state index contributed by atoms with van der Waals surface area (Å²) in [5.41, 5.74) is -0.0374. The maximum atomic E-state index is 13.0. The quantitative estimate of drug-likeness (QED) is 0.472. The molecule has 0 saturated heterocycles. The topological polar surface area (TPSA) is 121 Å². The second-order valence-electron chi connectivity index (χ2n) is 6.87. The Morgan fingerprint density at radius 2 is 1.69 bits per heavy atom. The van der Waals surface area contributed by atoms with E-state index in [1.165, 1.54) is 55.4 Å². The molecule has 4 rings (SSSR count). The van der Waals surface area contributed by atoms with Crippen LogP contribution < -0.4 is 15.0 Å². The summed E-state index contributed by atoms with van der Waals surface area (Å²) in [5, 5.41) is 14.9. The fraction of sp³-hybridized carbons (Fsp3) is 0.136. The molecule has 9 nitrogen and oxygen atoms in total. The Kier molecular flexibility index (Phi) is 5.54. The van der Waals surface area contributed by atoms with Crippen LogP contribution in [-0.4, -0.2) is 42.5 Å². The van der Waals surface area contributed by atoms with Crippen LogP contribution in [-0.2, 0) is 16.4 Å². The second-order valence-corrected chi connectivity index (χ2v) is 8.82. The van der Waals surface area contributed by atoms with Crippen LogP contribution in [0.15, 0.2) is 75.4 Å². The average molecular weight is 453 g/mol. The Labute approximate surface area is 183 Å². The number of aromatic hydroxyl groups is 1. The summed E-state index contributed by atoms with van der Waals surface area (Å²) in [6.07, 6.45) is 1.41. The molecule has 0 aliphatic heterocycles. The van der Waals surface area contributed by atoms with Crippen molar-refractivity contribution in [3.63, 3.8) is 0 Å². The molecule has 0 spiro atoms. The van der Waals surface area contributed by atoms with E-state index in [2.05, 4.69) is 10.1 Å². The van der Waals surface area contributed by atoms with Gasteiger partial charge in [0.1, 0.15) is 5.75 Å². The third kappa shape index (κ3) is 3.87. The van der Waals surface area contributed by atoms with Crippen LogP contribution >= 0.6 is 0 Å². The van der Waals surface area contributed by atoms with Gasteiger partial charge in [0.25, 0.3) is 5.56 Å². The minimum absolute atomic E-state index is 0.0104. The fourth-order valence-electron chi connectivity index (χ4n) is 3.19. The lowest BCUT2D eigenvalue weighted by atomic mass is 10.2. The van der Waals surface area contributed by atoms with Crippen molar-refractivity contribution < 1.29 is 23.0 Å². The molecule has 0 saturated carbocycles. The lowest BCUT2D eigenvalue weighted by Crippen LogP contribution is -2.23. The molecule has 164 valence electrons. The Hall–Kier alpha value is -3.92. The molecular formula is C22H19N3O6S. The fourth-order valence-corrected chi connectivity index (χ4v) is 4.49. The van der Waals surface area contributed by atoms with E-state index in [1.807, 2.05) is 0 Å². The van der Waals surface area contributed by atoms with Crippen LogP contribution in [0.4, 0.5) is 0 Å². The SMILES string of the molecule is COc1ccc(S(=O)(=O)c2ccc3c(=O)n(Cc4ccc(OC)nc4O)ncc3c2)cc1. The minimum Gasteiger partial charge on any atom is -0.497 e. The molecule has 32 heavy (non-hydrogen) atoms. The van der Waals surface area contributed by atoms with Crippen LogP contribution in [0.25, 0.3) is 10.8 Å². The Bertz CT molecular complexity index is 1460. The number of hydrogen-bond acceptors (Lipinski definition) is 8. The zero-order chi connectivity index (χ0) is 22.9. The van der Waals surface area contributed by atoms with Crippen molar-refractivity contribution in [3.05, 3.63) is 76.7 Å². The molecule has 1 N–H and O–H groups in total. The van der Waals surface area contributed by atoms with E-state index in [4.69, 9.17) is 9.47 Å². The highest BCUT2D eigenvalue weighted by Crippen LogP contribution is 2.25. The summed E-state index contributed by atoms with van der Waals surface area (Å²) >= 11 is 0. The van der Waals surface area contributed by atoms with E-state index in [1.54, 1.807) is 24.3 Å². The van der Waals surface area contributed by atoms with Gasteiger partial charge in [-0.2, -0.15) is 10.1 Å². The van der Waals surface area contributed by atoms with Crippen LogP contribution in [0.2, 0.25) is 0 Å². The summed E-state index contributed by atoms with van der Waals surface area (Å²) in [6, 6.07) is 13.5. The van der Waals surface area contributed by atoms with E-state index >= 15 is 0 Å². The minimum atomic E-state index is -3.78. The van der Waals surface area contributed by atoms with Crippen molar-refractivity contribution in [2.24, 2.45) is 0 Å². The number of benzene rings is 2. The first-order valence-electron chi connectivity index (χ1n) is 9.45. The molecule has 0 amide bonds. The molecule has 0 aliphatic carbocycles. The van der Waals surface area contributed by atoms with E-state index in [0.29, 0.717) is 22.1 Å². The largest absolute Gasteiger partial charge is 0.497 e. The molecule has 2 heterocycles. The van der Waals surface area contributed by atoms with E-state index < -0.39 is 15.4 Å². The first-order valence-corrected chi connectivity index (χ1v) is 10.9. The average Bonchev–Trinajstić information content (AvgIpc) is 2.81. The van der Waals surface area contributed by atoms with Gasteiger partial charge in [0.15, 0.2) is 0 Å². The number of pyridine rings is 1. The van der Waals surface area contributed by atoms with E-state index in [9.17, 15) is 18.3 Å². The van der Waals surface area contributed by atoms with E-state index in [-0.39, 0.29) is 28.1 Å². The number of nitrogens with zero attached hydrogens (tertiary/aromatic N) is 3. The Morgan fingerprint density at radius 3 is 2.34 bits per heavy atom. The lowest BCUT2D eigenvalue weighted by Gasteiger charge is -2.10. The number of aromatic nitrogens is 3. The summed E-state index contributed by atoms with van der Waals surface area (Å²) < 4.78 is 37.1. The monoisotopic (exact) mass is 453 g/mol. The van der Waals surface area contributed by atoms with Gasteiger partial charge in [0.05, 0.1) is 42.1 Å². The van der Waals surface area contributed by atoms with Crippen molar-refractivity contribution in [1.29, 1.82) is 0 Å². The molecule has 10 heteroatoms. The molecule has 0 atom stereocenters. The zero-order valence-corrected chi connectivity index (χ0v) is 18.0. The predicted octanol–water partition coefficient (Wildman–Crippen LogP) is 2.40. The molecule has 0 fully saturated rings. The number of methoxy groups -OCH3 is 2. The van der Waals surface area contributed by atoms with Crippen LogP contribution in [0, 0.1) is 0 Å². The van der Waals surface area contributed by atoms with Gasteiger partial charge in [-0.15, -0.1) is 0 Å². The summed E-state index contributed by atoms with van der Waals surface area (Å²) in [4.78, 5) is 16.9. The number of fused-ring (bicyclic) bond motifs is 1. The molecule has 2 aromatic carbocycles. The second kappa shape index (κ2) is 8.31. The third-order valence-corrected chi connectivity index (χ3v) is 6.73. The van der Waals surface area contributed by atoms with Gasteiger partial charge >= 0.3 is 0 Å². The molecule has 2 aromatic heterocycles. The van der Waals surface area contributed by atoms with Crippen molar-refractivity contribution in [2.75, 3.05) is 14.2 Å². The maximum Gasteiger partial charge on any atom is 0.274 e. The van der Waals surface area contributed by atoms with Gasteiger partial charge in [-0.05, 0) is 48.5 Å². The van der Waals surface area contributed by atoms with Crippen molar-refractivity contribution in [1.82, 2.24) is 14.8 Å². The smallest absolute Gasteiger partial charge is 0.274 e. The number of ether oxygens (including phenoxy) is 2. The molecular weight excluding hydrogens is 434 g/mol. The number of sulfone groups is 1. The summed E-state index contributed by atoms with van der Waals surface area (Å²) in [7, 11) is -0.855. The van der Waals surface area contributed by atoms with Gasteiger partial charge in [-0.25, -0.2) is 13.1 Å². The highest BCUT2D eigenvalue weighted by molar-refractivity contribution is 7.91. The van der Waals surface area contributed by atoms with E-state index in [0.717, 1.165) is 0 Å². The van der Waals surface area contributed by atoms with Crippen LogP contribution in [0.3, 0.4) is 0 Å². The maximum absolute atomic E-state index is 13.0. The van der Waals surface area contributed by atoms with Crippen LogP contribution in [0.5, 0.6) is 17.5 Å². The molecule has 0 aliphatic rings. The molecule has 0 bridgehead atoms. The van der Waals surface area contributed by atoms with Crippen molar-refractivity contribution in [3.8, 4) is 17.5 Å². The van der Waals surface area contributed by atoms with Crippen molar-refractivity contribution in [2.45, 2.75) is 16.3 Å². The summed E-state index contributed by atoms with van der Waals surface area (Å²) in [6.45, 7) is -0.0104. The predicted molar refractivity (Wildman–Crippen MR) is 116 cm³/mol. The lowest BCUT2D eigenvalue weighted by molar-refractivity contribution is 0.377. The zero-order valence-electron chi connectivity index (χ0n) is 17.2. The van der Waals surface area contributed by atoms with Gasteiger partial charge in [-0.1, -0.05) is 0 Å². The standard InChI is InChI=1S/C22H19N3O6S/c1-30-16-4-6-17(7-5-16)32(28,29)18-8-9-19-15(11-18)12-23-25(22(19)27)13-14-3-10-20(31-2)24-21(14)26/h3-12H,13H2,1-2H3,(H,24,26). The van der Waals surface area contributed by atoms with Gasteiger partial charge in [0, 0.05) is 17.0 Å². The highest BCUT2D eigenvalue weighted by Gasteiger charge is 2.19. The summed E-state index contributed by atoms with van der Waals surface area (Å²) in [5.74, 6) is 0.528. The van der Waals surface area contributed by atoms with Gasteiger partial charge < -0.3 is 14.6 Å². The third-order valence-electron chi connectivity index (χ3n) is 4.96. The molecule has 0 radical (unpaired) electrons. The normalized spacial score (nSPS) is 11.4. The highest BCUT2D eigenvalue weighted by atomic mass is 32.2. The number of rotatable bonds is 6. The molecule has 0 unspecified atom stereocenters. The first-order chi connectivity index (χ1) is 15.3. The Morgan fingerprint density at radius 1 is 0.969 bits per heavy atom. The van der Waals surface area contributed by atoms with Crippen LogP contribution in [0.1, 0.15) is 5.56 Å².